The van der Waals surface area contributed by atoms with E-state index in [4.69, 9.17) is 4.42 Å². The van der Waals surface area contributed by atoms with Crippen molar-refractivity contribution >= 4 is 27.6 Å². The lowest BCUT2D eigenvalue weighted by atomic mass is 10.0. The first-order valence-corrected chi connectivity index (χ1v) is 8.92. The van der Waals surface area contributed by atoms with E-state index in [2.05, 4.69) is 4.72 Å². The summed E-state index contributed by atoms with van der Waals surface area (Å²) in [5.41, 5.74) is 1.13. The van der Waals surface area contributed by atoms with Crippen molar-refractivity contribution in [1.29, 1.82) is 0 Å². The minimum atomic E-state index is -3.82. The smallest absolute Gasteiger partial charge is 0.312 e. The van der Waals surface area contributed by atoms with Gasteiger partial charge in [-0.3, -0.25) is 9.59 Å². The minimum absolute atomic E-state index is 0.0216. The highest BCUT2D eigenvalue weighted by Gasteiger charge is 2.38. The summed E-state index contributed by atoms with van der Waals surface area (Å²) in [6.45, 7) is 1.46. The first-order valence-electron chi connectivity index (χ1n) is 7.44. The van der Waals surface area contributed by atoms with Gasteiger partial charge in [-0.25, -0.2) is 13.1 Å². The lowest BCUT2D eigenvalue weighted by molar-refractivity contribution is -0.138. The van der Waals surface area contributed by atoms with Crippen molar-refractivity contribution in [2.45, 2.75) is 17.9 Å². The lowest BCUT2D eigenvalue weighted by Gasteiger charge is -2.16. The highest BCUT2D eigenvalue weighted by Crippen LogP contribution is 2.37. The van der Waals surface area contributed by atoms with Crippen molar-refractivity contribution in [2.24, 2.45) is 0 Å². The van der Waals surface area contributed by atoms with Crippen molar-refractivity contribution in [3.05, 3.63) is 47.2 Å². The van der Waals surface area contributed by atoms with Crippen LogP contribution in [0.1, 0.15) is 27.6 Å². The van der Waals surface area contributed by atoms with E-state index < -0.39 is 27.8 Å². The summed E-state index contributed by atoms with van der Waals surface area (Å²) in [7, 11) is -2.58. The van der Waals surface area contributed by atoms with Crippen LogP contribution in [0.15, 0.2) is 39.8 Å². The Morgan fingerprint density at radius 1 is 1.32 bits per heavy atom. The number of nitrogens with zero attached hydrogens (tertiary/aromatic N) is 1. The average Bonchev–Trinajstić information content (AvgIpc) is 3.16. The van der Waals surface area contributed by atoms with Crippen molar-refractivity contribution in [1.82, 2.24) is 4.72 Å². The van der Waals surface area contributed by atoms with Crippen molar-refractivity contribution < 1.29 is 27.5 Å². The fraction of sp³-hybridized carbons (Fsp3) is 0.250. The molecule has 8 nitrogen and oxygen atoms in total. The number of aryl methyl sites for hydroxylation is 1. The Morgan fingerprint density at radius 3 is 2.64 bits per heavy atom. The van der Waals surface area contributed by atoms with Gasteiger partial charge >= 0.3 is 5.97 Å². The maximum Gasteiger partial charge on any atom is 0.312 e. The normalized spacial score (nSPS) is 16.7. The van der Waals surface area contributed by atoms with Crippen LogP contribution in [0.4, 0.5) is 5.69 Å². The molecule has 2 heterocycles. The molecule has 1 atom stereocenters. The Bertz CT molecular complexity index is 963. The third-order valence-electron chi connectivity index (χ3n) is 4.17. The molecule has 25 heavy (non-hydrogen) atoms. The number of hydrogen-bond donors (Lipinski definition) is 2. The summed E-state index contributed by atoms with van der Waals surface area (Å²) in [6.07, 6.45) is 0. The van der Waals surface area contributed by atoms with Crippen LogP contribution in [-0.4, -0.2) is 39.0 Å². The number of carboxylic acid groups (broad SMARTS) is 1. The summed E-state index contributed by atoms with van der Waals surface area (Å²) in [5.74, 6) is -2.21. The van der Waals surface area contributed by atoms with Crippen molar-refractivity contribution in [3.63, 3.8) is 0 Å². The van der Waals surface area contributed by atoms with Gasteiger partial charge in [-0.1, -0.05) is 18.2 Å². The second-order valence-corrected chi connectivity index (χ2v) is 7.43. The number of anilines is 1. The van der Waals surface area contributed by atoms with Gasteiger partial charge in [-0.05, 0) is 25.6 Å². The molecular formula is C16H16N2O6S. The molecule has 1 aromatic carbocycles. The molecule has 2 N–H and O–H groups in total. The van der Waals surface area contributed by atoms with Crippen LogP contribution in [0, 0.1) is 6.92 Å². The average molecular weight is 364 g/mol. The van der Waals surface area contributed by atoms with E-state index in [0.29, 0.717) is 11.3 Å². The molecular weight excluding hydrogens is 348 g/mol. The predicted octanol–water partition coefficient (Wildman–Crippen LogP) is 1.32. The predicted molar refractivity (Wildman–Crippen MR) is 88.2 cm³/mol. The third-order valence-corrected chi connectivity index (χ3v) is 5.44. The van der Waals surface area contributed by atoms with E-state index in [1.807, 2.05) is 0 Å². The van der Waals surface area contributed by atoms with Gasteiger partial charge in [0.15, 0.2) is 0 Å². The highest BCUT2D eigenvalue weighted by molar-refractivity contribution is 7.89. The molecule has 1 aromatic heterocycles. The highest BCUT2D eigenvalue weighted by atomic mass is 32.2. The van der Waals surface area contributed by atoms with Gasteiger partial charge in [-0.2, -0.15) is 0 Å². The SMILES string of the molecule is CNS(=O)(=O)c1cc(C(=O)N2CC(C(=O)O)c3ccccc32)c(C)o1. The summed E-state index contributed by atoms with van der Waals surface area (Å²) >= 11 is 0. The van der Waals surface area contributed by atoms with Gasteiger partial charge in [0.1, 0.15) is 11.7 Å². The molecule has 1 unspecified atom stereocenters. The molecule has 9 heteroatoms. The number of rotatable bonds is 4. The van der Waals surface area contributed by atoms with E-state index >= 15 is 0 Å². The summed E-state index contributed by atoms with van der Waals surface area (Å²) < 4.78 is 31.0. The fourth-order valence-corrected chi connectivity index (χ4v) is 3.57. The Kier molecular flexibility index (Phi) is 4.13. The van der Waals surface area contributed by atoms with E-state index in [1.54, 1.807) is 24.3 Å². The van der Waals surface area contributed by atoms with Gasteiger partial charge in [-0.15, -0.1) is 0 Å². The molecule has 0 saturated carbocycles. The number of benzene rings is 1. The topological polar surface area (TPSA) is 117 Å². The Hall–Kier alpha value is -2.65. The van der Waals surface area contributed by atoms with Gasteiger partial charge in [0, 0.05) is 18.3 Å². The van der Waals surface area contributed by atoms with Crippen molar-refractivity contribution in [3.8, 4) is 0 Å². The lowest BCUT2D eigenvalue weighted by Crippen LogP contribution is -2.31. The standard InChI is InChI=1S/C16H16N2O6S/c1-9-11(7-14(24-9)25(22,23)17-2)15(19)18-8-12(16(20)21)10-5-3-4-6-13(10)18/h3-7,12,17H,8H2,1-2H3,(H,20,21). The zero-order chi connectivity index (χ0) is 18.4. The second kappa shape index (κ2) is 6.01. The van der Waals surface area contributed by atoms with E-state index in [-0.39, 0.29) is 23.0 Å². The van der Waals surface area contributed by atoms with Crippen LogP contribution < -0.4 is 9.62 Å². The van der Waals surface area contributed by atoms with Crippen LogP contribution in [0.25, 0.3) is 0 Å². The minimum Gasteiger partial charge on any atom is -0.481 e. The number of para-hydroxylation sites is 1. The number of aliphatic carboxylic acids is 1. The first-order chi connectivity index (χ1) is 11.8. The molecule has 0 spiro atoms. The molecule has 3 rings (SSSR count). The molecule has 0 radical (unpaired) electrons. The molecule has 132 valence electrons. The number of carboxylic acids is 1. The summed E-state index contributed by atoms with van der Waals surface area (Å²) in [5, 5.41) is 9.02. The van der Waals surface area contributed by atoms with Gasteiger partial charge < -0.3 is 14.4 Å². The fourth-order valence-electron chi connectivity index (χ4n) is 2.86. The van der Waals surface area contributed by atoms with E-state index in [1.165, 1.54) is 18.9 Å². The molecule has 1 aliphatic heterocycles. The molecule has 0 saturated heterocycles. The van der Waals surface area contributed by atoms with Crippen LogP contribution >= 0.6 is 0 Å². The number of hydrogen-bond acceptors (Lipinski definition) is 5. The zero-order valence-corrected chi connectivity index (χ0v) is 14.3. The van der Waals surface area contributed by atoms with Crippen LogP contribution in [-0.2, 0) is 14.8 Å². The summed E-state index contributed by atoms with van der Waals surface area (Å²) in [4.78, 5) is 25.7. The largest absolute Gasteiger partial charge is 0.481 e. The van der Waals surface area contributed by atoms with Gasteiger partial charge in [0.25, 0.3) is 15.9 Å². The number of furan rings is 1. The van der Waals surface area contributed by atoms with E-state index in [9.17, 15) is 23.1 Å². The van der Waals surface area contributed by atoms with Crippen LogP contribution in [0.3, 0.4) is 0 Å². The number of carbonyl (C=O) groups excluding carboxylic acids is 1. The number of fused-ring (bicyclic) bond motifs is 1. The Labute approximate surface area is 144 Å². The number of carbonyl (C=O) groups is 2. The van der Waals surface area contributed by atoms with Crippen LogP contribution in [0.5, 0.6) is 0 Å². The first kappa shape index (κ1) is 17.2. The quantitative estimate of drug-likeness (QED) is 0.845. The Balaban J connectivity index is 2.02. The van der Waals surface area contributed by atoms with Crippen LogP contribution in [0.2, 0.25) is 0 Å². The van der Waals surface area contributed by atoms with Gasteiger partial charge in [0.2, 0.25) is 5.09 Å². The van der Waals surface area contributed by atoms with Gasteiger partial charge in [0.05, 0.1) is 5.56 Å². The second-order valence-electron chi connectivity index (χ2n) is 5.61. The maximum absolute atomic E-state index is 12.9. The number of amides is 1. The number of sulfonamides is 1. The molecule has 1 aliphatic rings. The third kappa shape index (κ3) is 2.81. The van der Waals surface area contributed by atoms with Crippen molar-refractivity contribution in [2.75, 3.05) is 18.5 Å². The Morgan fingerprint density at radius 2 is 2.00 bits per heavy atom. The molecule has 0 fully saturated rings. The molecule has 0 aliphatic carbocycles. The number of nitrogens with one attached hydrogen (secondary N) is 1. The zero-order valence-electron chi connectivity index (χ0n) is 13.5. The summed E-state index contributed by atoms with van der Waals surface area (Å²) in [6, 6.07) is 7.91. The maximum atomic E-state index is 12.9. The monoisotopic (exact) mass is 364 g/mol. The molecule has 1 amide bonds. The van der Waals surface area contributed by atoms with E-state index in [0.717, 1.165) is 6.07 Å². The molecule has 2 aromatic rings. The molecule has 0 bridgehead atoms.